The first-order valence-electron chi connectivity index (χ1n) is 7.49. The van der Waals surface area contributed by atoms with Gasteiger partial charge < -0.3 is 14.8 Å². The summed E-state index contributed by atoms with van der Waals surface area (Å²) in [5, 5.41) is 6.52. The third-order valence-electron chi connectivity index (χ3n) is 3.22. The first-order chi connectivity index (χ1) is 10.8. The highest BCUT2D eigenvalue weighted by Gasteiger charge is 2.13. The van der Waals surface area contributed by atoms with Gasteiger partial charge in [-0.2, -0.15) is 4.98 Å². The Bertz CT molecular complexity index is 748. The lowest BCUT2D eigenvalue weighted by molar-refractivity contribution is -0.120. The molecule has 8 heteroatoms. The highest BCUT2D eigenvalue weighted by Crippen LogP contribution is 2.05. The third-order valence-corrected chi connectivity index (χ3v) is 3.22. The highest BCUT2D eigenvalue weighted by atomic mass is 16.5. The Morgan fingerprint density at radius 2 is 2.04 bits per heavy atom. The fraction of sp³-hybridized carbons (Fsp3) is 0.533. The van der Waals surface area contributed by atoms with E-state index in [1.807, 2.05) is 0 Å². The molecular weight excluding hydrogens is 298 g/mol. The van der Waals surface area contributed by atoms with E-state index in [1.165, 1.54) is 0 Å². The van der Waals surface area contributed by atoms with E-state index in [4.69, 9.17) is 4.52 Å². The Morgan fingerprint density at radius 1 is 1.30 bits per heavy atom. The fourth-order valence-electron chi connectivity index (χ4n) is 2.17. The molecule has 0 fully saturated rings. The monoisotopic (exact) mass is 319 g/mol. The van der Waals surface area contributed by atoms with Crippen LogP contribution in [-0.2, 0) is 24.2 Å². The van der Waals surface area contributed by atoms with Crippen LogP contribution in [0.1, 0.15) is 42.6 Å². The molecular formula is C15H21N5O3. The first kappa shape index (κ1) is 16.9. The molecule has 0 aliphatic rings. The number of H-pyrrole nitrogens is 1. The fourth-order valence-corrected chi connectivity index (χ4v) is 2.17. The minimum Gasteiger partial charge on any atom is -0.347 e. The van der Waals surface area contributed by atoms with Gasteiger partial charge in [-0.25, -0.2) is 4.98 Å². The molecule has 2 aromatic heterocycles. The minimum absolute atomic E-state index is 0.0402. The second-order valence-electron chi connectivity index (χ2n) is 5.87. The minimum atomic E-state index is -0.298. The smallest absolute Gasteiger partial charge is 0.254 e. The van der Waals surface area contributed by atoms with Crippen LogP contribution in [0, 0.1) is 19.8 Å². The van der Waals surface area contributed by atoms with Gasteiger partial charge in [-0.1, -0.05) is 19.0 Å². The van der Waals surface area contributed by atoms with Gasteiger partial charge in [-0.05, 0) is 19.8 Å². The van der Waals surface area contributed by atoms with E-state index in [9.17, 15) is 9.59 Å². The van der Waals surface area contributed by atoms with Crippen LogP contribution in [-0.4, -0.2) is 26.0 Å². The molecule has 2 aromatic rings. The predicted molar refractivity (Wildman–Crippen MR) is 82.7 cm³/mol. The van der Waals surface area contributed by atoms with Gasteiger partial charge in [-0.3, -0.25) is 9.59 Å². The van der Waals surface area contributed by atoms with E-state index < -0.39 is 0 Å². The predicted octanol–water partition coefficient (Wildman–Crippen LogP) is 0.827. The van der Waals surface area contributed by atoms with Crippen molar-refractivity contribution in [1.29, 1.82) is 0 Å². The zero-order valence-electron chi connectivity index (χ0n) is 13.8. The topological polar surface area (TPSA) is 114 Å². The van der Waals surface area contributed by atoms with Crippen molar-refractivity contribution >= 4 is 5.91 Å². The molecule has 0 radical (unpaired) electrons. The van der Waals surface area contributed by atoms with Crippen LogP contribution in [0.4, 0.5) is 0 Å². The standard InChI is InChI=1S/C15H21N5O3/c1-8(2)5-12-19-14(23-20-12)7-16-13(21)6-11-9(3)17-10(4)18-15(11)22/h8H,5-7H2,1-4H3,(H,16,21)(H,17,18,22). The Balaban J connectivity index is 1.93. The molecule has 0 aliphatic carbocycles. The number of amides is 1. The Hall–Kier alpha value is -2.51. The molecule has 1 amide bonds. The molecule has 0 spiro atoms. The van der Waals surface area contributed by atoms with Crippen molar-refractivity contribution in [3.63, 3.8) is 0 Å². The van der Waals surface area contributed by atoms with E-state index in [0.717, 1.165) is 6.42 Å². The second-order valence-corrected chi connectivity index (χ2v) is 5.87. The number of nitrogens with zero attached hydrogens (tertiary/aromatic N) is 3. The zero-order valence-corrected chi connectivity index (χ0v) is 13.8. The quantitative estimate of drug-likeness (QED) is 0.815. The van der Waals surface area contributed by atoms with E-state index in [1.54, 1.807) is 13.8 Å². The normalized spacial score (nSPS) is 11.0. The number of nitrogens with one attached hydrogen (secondary N) is 2. The highest BCUT2D eigenvalue weighted by molar-refractivity contribution is 5.78. The van der Waals surface area contributed by atoms with E-state index >= 15 is 0 Å². The van der Waals surface area contributed by atoms with Gasteiger partial charge in [-0.15, -0.1) is 0 Å². The third kappa shape index (κ3) is 4.73. The average Bonchev–Trinajstić information content (AvgIpc) is 2.87. The molecule has 0 aliphatic heterocycles. The molecule has 0 saturated heterocycles. The van der Waals surface area contributed by atoms with Crippen molar-refractivity contribution in [2.45, 2.75) is 47.1 Å². The number of carbonyl (C=O) groups excluding carboxylic acids is 1. The first-order valence-corrected chi connectivity index (χ1v) is 7.49. The molecule has 2 heterocycles. The van der Waals surface area contributed by atoms with Crippen molar-refractivity contribution in [3.8, 4) is 0 Å². The van der Waals surface area contributed by atoms with Gasteiger partial charge in [0.2, 0.25) is 11.8 Å². The van der Waals surface area contributed by atoms with Gasteiger partial charge in [0, 0.05) is 17.7 Å². The van der Waals surface area contributed by atoms with E-state index in [-0.39, 0.29) is 24.4 Å². The van der Waals surface area contributed by atoms with Crippen molar-refractivity contribution in [3.05, 3.63) is 39.2 Å². The van der Waals surface area contributed by atoms with Gasteiger partial charge in [0.05, 0.1) is 13.0 Å². The summed E-state index contributed by atoms with van der Waals surface area (Å²) in [5.74, 6) is 1.63. The largest absolute Gasteiger partial charge is 0.347 e. The Kier molecular flexibility index (Phi) is 5.25. The van der Waals surface area contributed by atoms with Gasteiger partial charge in [0.25, 0.3) is 5.56 Å². The molecule has 0 saturated carbocycles. The Labute approximate surface area is 133 Å². The number of hydrogen-bond donors (Lipinski definition) is 2. The number of aromatic amines is 1. The van der Waals surface area contributed by atoms with Crippen LogP contribution >= 0.6 is 0 Å². The number of aromatic nitrogens is 4. The van der Waals surface area contributed by atoms with Crippen molar-refractivity contribution in [2.24, 2.45) is 5.92 Å². The van der Waals surface area contributed by atoms with Crippen molar-refractivity contribution in [1.82, 2.24) is 25.4 Å². The molecule has 0 atom stereocenters. The van der Waals surface area contributed by atoms with Crippen molar-refractivity contribution in [2.75, 3.05) is 0 Å². The van der Waals surface area contributed by atoms with Crippen LogP contribution < -0.4 is 10.9 Å². The summed E-state index contributed by atoms with van der Waals surface area (Å²) >= 11 is 0. The molecule has 124 valence electrons. The van der Waals surface area contributed by atoms with E-state index in [2.05, 4.69) is 39.3 Å². The summed E-state index contributed by atoms with van der Waals surface area (Å²) in [6.07, 6.45) is 0.683. The number of rotatable bonds is 6. The lowest BCUT2D eigenvalue weighted by Gasteiger charge is -2.05. The lowest BCUT2D eigenvalue weighted by Crippen LogP contribution is -2.29. The second kappa shape index (κ2) is 7.17. The maximum absolute atomic E-state index is 12.0. The lowest BCUT2D eigenvalue weighted by atomic mass is 10.1. The van der Waals surface area contributed by atoms with E-state index in [0.29, 0.717) is 34.7 Å². The zero-order chi connectivity index (χ0) is 17.0. The number of hydrogen-bond acceptors (Lipinski definition) is 6. The molecule has 0 aromatic carbocycles. The number of carbonyl (C=O) groups is 1. The summed E-state index contributed by atoms with van der Waals surface area (Å²) in [7, 11) is 0. The summed E-state index contributed by atoms with van der Waals surface area (Å²) < 4.78 is 5.07. The molecule has 0 bridgehead atoms. The number of aryl methyl sites for hydroxylation is 2. The molecule has 23 heavy (non-hydrogen) atoms. The van der Waals surface area contributed by atoms with Crippen LogP contribution in [0.25, 0.3) is 0 Å². The van der Waals surface area contributed by atoms with Crippen molar-refractivity contribution < 1.29 is 9.32 Å². The van der Waals surface area contributed by atoms with Gasteiger partial charge >= 0.3 is 0 Å². The summed E-state index contributed by atoms with van der Waals surface area (Å²) in [4.78, 5) is 34.8. The van der Waals surface area contributed by atoms with Crippen LogP contribution in [0.3, 0.4) is 0 Å². The molecule has 2 rings (SSSR count). The summed E-state index contributed by atoms with van der Waals surface area (Å²) in [6.45, 7) is 7.67. The molecule has 0 unspecified atom stereocenters. The van der Waals surface area contributed by atoms with Gasteiger partial charge in [0.1, 0.15) is 5.82 Å². The summed E-state index contributed by atoms with van der Waals surface area (Å²) in [5.41, 5.74) is 0.625. The Morgan fingerprint density at radius 3 is 2.70 bits per heavy atom. The molecule has 2 N–H and O–H groups in total. The van der Waals surface area contributed by atoms with Crippen LogP contribution in [0.2, 0.25) is 0 Å². The maximum Gasteiger partial charge on any atom is 0.254 e. The molecule has 8 nitrogen and oxygen atoms in total. The summed E-state index contributed by atoms with van der Waals surface area (Å²) in [6, 6.07) is 0. The SMILES string of the molecule is Cc1nc(C)c(CC(=O)NCc2nc(CC(C)C)no2)c(=O)[nH]1. The van der Waals surface area contributed by atoms with Gasteiger partial charge in [0.15, 0.2) is 5.82 Å². The van der Waals surface area contributed by atoms with Crippen LogP contribution in [0.5, 0.6) is 0 Å². The van der Waals surface area contributed by atoms with Crippen LogP contribution in [0.15, 0.2) is 9.32 Å². The maximum atomic E-state index is 12.0. The average molecular weight is 319 g/mol.